The largest absolute Gasteiger partial charge is 0.496 e. The Morgan fingerprint density at radius 1 is 1.20 bits per heavy atom. The molecule has 1 N–H and O–H groups in total. The van der Waals surface area contributed by atoms with Crippen LogP contribution in [0, 0.1) is 0 Å². The number of hydrogen-bond acceptors (Lipinski definition) is 5. The van der Waals surface area contributed by atoms with E-state index in [1.165, 1.54) is 20.3 Å². The van der Waals surface area contributed by atoms with Gasteiger partial charge in [-0.25, -0.2) is 8.42 Å². The van der Waals surface area contributed by atoms with E-state index in [0.717, 1.165) is 6.26 Å². The Morgan fingerprint density at radius 3 is 2.20 bits per heavy atom. The van der Waals surface area contributed by atoms with Gasteiger partial charge in [-0.2, -0.15) is 0 Å². The Morgan fingerprint density at radius 2 is 1.75 bits per heavy atom. The van der Waals surface area contributed by atoms with Crippen LogP contribution in [0.5, 0.6) is 11.5 Å². The van der Waals surface area contributed by atoms with Gasteiger partial charge in [0.25, 0.3) is 0 Å². The van der Waals surface area contributed by atoms with E-state index in [0.29, 0.717) is 17.7 Å². The highest BCUT2D eigenvalue weighted by Gasteiger charge is 2.22. The minimum Gasteiger partial charge on any atom is -0.496 e. The number of carboxylic acids is 1. The molecule has 20 heavy (non-hydrogen) atoms. The second-order valence-corrected chi connectivity index (χ2v) is 6.25. The smallest absolute Gasteiger partial charge is 0.303 e. The van der Waals surface area contributed by atoms with Gasteiger partial charge in [-0.3, -0.25) is 4.79 Å². The number of methoxy groups -OCH3 is 2. The van der Waals surface area contributed by atoms with Gasteiger partial charge in [-0.05, 0) is 25.0 Å². The molecule has 0 aliphatic rings. The molecule has 0 spiro atoms. The predicted octanol–water partition coefficient (Wildman–Crippen LogP) is 1.51. The first-order chi connectivity index (χ1) is 9.31. The van der Waals surface area contributed by atoms with Gasteiger partial charge in [0.15, 0.2) is 9.84 Å². The van der Waals surface area contributed by atoms with Crippen molar-refractivity contribution in [2.75, 3.05) is 20.5 Å². The SMILES string of the molecule is COc1ccc(OC)c(S(C)(=O)=O)c1CCCC(=O)O. The normalized spacial score (nSPS) is 11.2. The Hall–Kier alpha value is -1.76. The van der Waals surface area contributed by atoms with Crippen molar-refractivity contribution in [2.24, 2.45) is 0 Å². The summed E-state index contributed by atoms with van der Waals surface area (Å²) < 4.78 is 34.2. The molecule has 0 atom stereocenters. The second kappa shape index (κ2) is 6.60. The van der Waals surface area contributed by atoms with Crippen molar-refractivity contribution < 1.29 is 27.8 Å². The van der Waals surface area contributed by atoms with Crippen LogP contribution in [0.25, 0.3) is 0 Å². The Kier molecular flexibility index (Phi) is 5.38. The highest BCUT2D eigenvalue weighted by Crippen LogP contribution is 2.35. The number of carbonyl (C=O) groups is 1. The number of benzene rings is 1. The van der Waals surface area contributed by atoms with Crippen LogP contribution >= 0.6 is 0 Å². The molecule has 0 fully saturated rings. The molecule has 0 aliphatic carbocycles. The van der Waals surface area contributed by atoms with Crippen LogP contribution in [0.3, 0.4) is 0 Å². The molecular formula is C13H18O6S. The van der Waals surface area contributed by atoms with E-state index in [1.54, 1.807) is 6.07 Å². The number of ether oxygens (including phenoxy) is 2. The van der Waals surface area contributed by atoms with Crippen molar-refractivity contribution in [3.63, 3.8) is 0 Å². The molecule has 7 heteroatoms. The van der Waals surface area contributed by atoms with Gasteiger partial charge in [0, 0.05) is 18.2 Å². The maximum Gasteiger partial charge on any atom is 0.303 e. The first-order valence-corrected chi connectivity index (χ1v) is 7.86. The average molecular weight is 302 g/mol. The number of rotatable bonds is 7. The Balaban J connectivity index is 3.32. The molecule has 0 amide bonds. The van der Waals surface area contributed by atoms with Crippen molar-refractivity contribution in [1.82, 2.24) is 0 Å². The molecule has 0 aliphatic heterocycles. The zero-order valence-corrected chi connectivity index (χ0v) is 12.5. The van der Waals surface area contributed by atoms with Gasteiger partial charge in [0.2, 0.25) is 0 Å². The monoisotopic (exact) mass is 302 g/mol. The number of sulfone groups is 1. The van der Waals surface area contributed by atoms with Crippen molar-refractivity contribution in [3.8, 4) is 11.5 Å². The molecule has 0 saturated carbocycles. The topological polar surface area (TPSA) is 89.9 Å². The van der Waals surface area contributed by atoms with Crippen LogP contribution < -0.4 is 9.47 Å². The lowest BCUT2D eigenvalue weighted by Gasteiger charge is -2.15. The van der Waals surface area contributed by atoms with Crippen LogP contribution in [0.15, 0.2) is 17.0 Å². The Labute approximate surface area is 118 Å². The van der Waals surface area contributed by atoms with Crippen molar-refractivity contribution in [2.45, 2.75) is 24.2 Å². The maximum absolute atomic E-state index is 11.9. The van der Waals surface area contributed by atoms with E-state index in [2.05, 4.69) is 0 Å². The summed E-state index contributed by atoms with van der Waals surface area (Å²) in [4.78, 5) is 10.6. The highest BCUT2D eigenvalue weighted by atomic mass is 32.2. The predicted molar refractivity (Wildman–Crippen MR) is 73.2 cm³/mol. The van der Waals surface area contributed by atoms with E-state index in [1.807, 2.05) is 0 Å². The molecule has 1 aromatic rings. The lowest BCUT2D eigenvalue weighted by atomic mass is 10.1. The summed E-state index contributed by atoms with van der Waals surface area (Å²) in [6.45, 7) is 0. The molecule has 112 valence electrons. The standard InChI is InChI=1S/C13H18O6S/c1-18-10-7-8-11(19-2)13(20(3,16)17)9(10)5-4-6-12(14)15/h7-8H,4-6H2,1-3H3,(H,14,15). The summed E-state index contributed by atoms with van der Waals surface area (Å²) in [6.07, 6.45) is 1.66. The summed E-state index contributed by atoms with van der Waals surface area (Å²) in [7, 11) is -0.686. The molecule has 1 aromatic carbocycles. The quantitative estimate of drug-likeness (QED) is 0.821. The first-order valence-electron chi connectivity index (χ1n) is 5.97. The van der Waals surface area contributed by atoms with E-state index in [4.69, 9.17) is 14.6 Å². The molecule has 0 radical (unpaired) electrons. The maximum atomic E-state index is 11.9. The fourth-order valence-corrected chi connectivity index (χ4v) is 3.17. The van der Waals surface area contributed by atoms with Crippen molar-refractivity contribution in [3.05, 3.63) is 17.7 Å². The number of hydrogen-bond donors (Lipinski definition) is 1. The van der Waals surface area contributed by atoms with Crippen LogP contribution in [0.1, 0.15) is 18.4 Å². The third kappa shape index (κ3) is 3.86. The second-order valence-electron chi connectivity index (χ2n) is 4.30. The lowest BCUT2D eigenvalue weighted by molar-refractivity contribution is -0.137. The fourth-order valence-electron chi connectivity index (χ4n) is 2.00. The highest BCUT2D eigenvalue weighted by molar-refractivity contribution is 7.90. The third-order valence-corrected chi connectivity index (χ3v) is 4.00. The van der Waals surface area contributed by atoms with Crippen LogP contribution in [0.2, 0.25) is 0 Å². The molecule has 0 saturated heterocycles. The zero-order chi connectivity index (χ0) is 15.3. The molecule has 1 rings (SSSR count). The van der Waals surface area contributed by atoms with Crippen LogP contribution in [-0.4, -0.2) is 40.0 Å². The summed E-state index contributed by atoms with van der Waals surface area (Å²) in [5, 5.41) is 8.67. The van der Waals surface area contributed by atoms with Crippen molar-refractivity contribution >= 4 is 15.8 Å². The van der Waals surface area contributed by atoms with Crippen molar-refractivity contribution in [1.29, 1.82) is 0 Å². The first kappa shape index (κ1) is 16.3. The lowest BCUT2D eigenvalue weighted by Crippen LogP contribution is -2.08. The number of carboxylic acid groups (broad SMARTS) is 1. The minimum atomic E-state index is -3.51. The van der Waals surface area contributed by atoms with E-state index < -0.39 is 15.8 Å². The summed E-state index contributed by atoms with van der Waals surface area (Å²) >= 11 is 0. The van der Waals surface area contributed by atoms with Gasteiger partial charge in [0.05, 0.1) is 14.2 Å². The zero-order valence-electron chi connectivity index (χ0n) is 11.7. The number of aliphatic carboxylic acids is 1. The summed E-state index contributed by atoms with van der Waals surface area (Å²) in [5.74, 6) is -0.275. The van der Waals surface area contributed by atoms with Crippen LogP contribution in [-0.2, 0) is 21.1 Å². The molecule has 0 aromatic heterocycles. The molecular weight excluding hydrogens is 284 g/mol. The Bertz CT molecular complexity index is 591. The minimum absolute atomic E-state index is 0.0381. The third-order valence-electron chi connectivity index (χ3n) is 2.81. The van der Waals surface area contributed by atoms with Crippen LogP contribution in [0.4, 0.5) is 0 Å². The molecule has 0 heterocycles. The molecule has 6 nitrogen and oxygen atoms in total. The van der Waals surface area contributed by atoms with Gasteiger partial charge < -0.3 is 14.6 Å². The van der Waals surface area contributed by atoms with Gasteiger partial charge in [0.1, 0.15) is 16.4 Å². The van der Waals surface area contributed by atoms with Gasteiger partial charge in [-0.1, -0.05) is 0 Å². The summed E-state index contributed by atoms with van der Waals surface area (Å²) in [5.41, 5.74) is 0.454. The fraction of sp³-hybridized carbons (Fsp3) is 0.462. The summed E-state index contributed by atoms with van der Waals surface area (Å²) in [6, 6.07) is 3.14. The van der Waals surface area contributed by atoms with E-state index in [9.17, 15) is 13.2 Å². The van der Waals surface area contributed by atoms with Gasteiger partial charge >= 0.3 is 5.97 Å². The molecule has 0 unspecified atom stereocenters. The van der Waals surface area contributed by atoms with E-state index >= 15 is 0 Å². The van der Waals surface area contributed by atoms with E-state index in [-0.39, 0.29) is 23.5 Å². The van der Waals surface area contributed by atoms with Gasteiger partial charge in [-0.15, -0.1) is 0 Å². The average Bonchev–Trinajstić information content (AvgIpc) is 2.36. The molecule has 0 bridgehead atoms.